The second-order valence-corrected chi connectivity index (χ2v) is 3.56. The predicted molar refractivity (Wildman–Crippen MR) is 66.7 cm³/mol. The molecule has 0 aliphatic carbocycles. The molecule has 4 heteroatoms. The lowest BCUT2D eigenvalue weighted by atomic mass is 10.1. The second kappa shape index (κ2) is 5.97. The first kappa shape index (κ1) is 7.41. The van der Waals surface area contributed by atoms with Crippen molar-refractivity contribution in [1.29, 1.82) is 0 Å². The number of halogens is 1. The van der Waals surface area contributed by atoms with Gasteiger partial charge in [-0.2, -0.15) is 0 Å². The van der Waals surface area contributed by atoms with Crippen LogP contribution in [0.3, 0.4) is 0 Å². The van der Waals surface area contributed by atoms with Gasteiger partial charge in [-0.05, 0) is 37.5 Å². The third-order valence-electron chi connectivity index (χ3n) is 2.30. The normalized spacial score (nSPS) is 20.7. The molecule has 1 aromatic rings. The van der Waals surface area contributed by atoms with E-state index in [1.807, 2.05) is 12.1 Å². The average Bonchev–Trinajstić information content (AvgIpc) is 2.73. The number of fused-ring (bicyclic) bond motifs is 1. The SMILES string of the molecule is Cl.[2H]C([2H])([2H])C([2H])([2H])NC(C)Cc1ccc2c(c1)OCO2. The summed E-state index contributed by atoms with van der Waals surface area (Å²) in [6.07, 6.45) is 0.492. The molecule has 0 amide bonds. The molecule has 16 heavy (non-hydrogen) atoms. The topological polar surface area (TPSA) is 30.5 Å². The number of benzene rings is 1. The van der Waals surface area contributed by atoms with E-state index >= 15 is 0 Å². The largest absolute Gasteiger partial charge is 0.454 e. The Bertz CT molecular complexity index is 495. The lowest BCUT2D eigenvalue weighted by Crippen LogP contribution is -2.27. The highest BCUT2D eigenvalue weighted by atomic mass is 35.5. The summed E-state index contributed by atoms with van der Waals surface area (Å²) in [6, 6.07) is 5.15. The summed E-state index contributed by atoms with van der Waals surface area (Å²) in [4.78, 5) is 0. The Kier molecular flexibility index (Phi) is 2.76. The Morgan fingerprint density at radius 1 is 1.50 bits per heavy atom. The van der Waals surface area contributed by atoms with Crippen molar-refractivity contribution in [3.8, 4) is 11.5 Å². The van der Waals surface area contributed by atoms with Crippen LogP contribution < -0.4 is 14.8 Å². The monoisotopic (exact) mass is 248 g/mol. The zero-order valence-electron chi connectivity index (χ0n) is 13.9. The minimum atomic E-state index is -2.70. The molecule has 1 aliphatic rings. The fourth-order valence-electron chi connectivity index (χ4n) is 1.60. The lowest BCUT2D eigenvalue weighted by Gasteiger charge is -2.12. The Balaban J connectivity index is 0.00000220. The highest BCUT2D eigenvalue weighted by molar-refractivity contribution is 5.85. The van der Waals surface area contributed by atoms with Gasteiger partial charge in [0.25, 0.3) is 0 Å². The third-order valence-corrected chi connectivity index (χ3v) is 2.30. The van der Waals surface area contributed by atoms with Crippen LogP contribution in [0.2, 0.25) is 0 Å². The van der Waals surface area contributed by atoms with Crippen LogP contribution >= 0.6 is 12.4 Å². The average molecular weight is 249 g/mol. The summed E-state index contributed by atoms with van der Waals surface area (Å²) >= 11 is 0. The van der Waals surface area contributed by atoms with Crippen LogP contribution in [0, 0.1) is 0 Å². The van der Waals surface area contributed by atoms with Crippen molar-refractivity contribution in [1.82, 2.24) is 5.32 Å². The summed E-state index contributed by atoms with van der Waals surface area (Å²) in [5, 5.41) is 2.51. The Labute approximate surface area is 110 Å². The van der Waals surface area contributed by atoms with Gasteiger partial charge in [0, 0.05) is 12.9 Å². The number of hydrogen-bond acceptors (Lipinski definition) is 3. The number of rotatable bonds is 4. The van der Waals surface area contributed by atoms with Crippen LogP contribution in [0.5, 0.6) is 11.5 Å². The first-order valence-electron chi connectivity index (χ1n) is 7.35. The summed E-state index contributed by atoms with van der Waals surface area (Å²) in [5.74, 6) is 1.35. The van der Waals surface area contributed by atoms with Gasteiger partial charge < -0.3 is 14.8 Å². The van der Waals surface area contributed by atoms with Gasteiger partial charge in [0.2, 0.25) is 6.79 Å². The molecule has 1 aliphatic heterocycles. The molecular formula is C12H18ClNO2. The molecule has 1 heterocycles. The van der Waals surface area contributed by atoms with Crippen LogP contribution in [0.1, 0.15) is 26.2 Å². The van der Waals surface area contributed by atoms with E-state index in [0.717, 1.165) is 5.56 Å². The molecule has 0 spiro atoms. The number of ether oxygens (including phenoxy) is 2. The Morgan fingerprint density at radius 3 is 3.12 bits per heavy atom. The first-order valence-corrected chi connectivity index (χ1v) is 4.85. The van der Waals surface area contributed by atoms with Crippen molar-refractivity contribution in [2.75, 3.05) is 13.3 Å². The van der Waals surface area contributed by atoms with Crippen LogP contribution in [0.25, 0.3) is 0 Å². The maximum Gasteiger partial charge on any atom is 0.231 e. The molecule has 0 saturated heterocycles. The van der Waals surface area contributed by atoms with Crippen molar-refractivity contribution in [2.45, 2.75) is 26.2 Å². The number of hydrogen-bond donors (Lipinski definition) is 1. The van der Waals surface area contributed by atoms with Crippen LogP contribution in [-0.4, -0.2) is 19.3 Å². The van der Waals surface area contributed by atoms with Gasteiger partial charge in [0.1, 0.15) is 0 Å². The third kappa shape index (κ3) is 3.03. The molecule has 1 aromatic carbocycles. The second-order valence-electron chi connectivity index (χ2n) is 3.56. The van der Waals surface area contributed by atoms with E-state index in [9.17, 15) is 0 Å². The van der Waals surface area contributed by atoms with Crippen molar-refractivity contribution >= 4 is 12.4 Å². The minimum Gasteiger partial charge on any atom is -0.454 e. The van der Waals surface area contributed by atoms with E-state index in [2.05, 4.69) is 5.32 Å². The zero-order valence-corrected chi connectivity index (χ0v) is 9.76. The van der Waals surface area contributed by atoms with Crippen molar-refractivity contribution in [3.63, 3.8) is 0 Å². The van der Waals surface area contributed by atoms with Crippen LogP contribution in [0.15, 0.2) is 18.2 Å². The van der Waals surface area contributed by atoms with E-state index in [1.165, 1.54) is 0 Å². The maximum atomic E-state index is 7.54. The minimum absolute atomic E-state index is 0. The molecule has 1 atom stereocenters. The molecule has 90 valence electrons. The fourth-order valence-corrected chi connectivity index (χ4v) is 1.60. The standard InChI is InChI=1S/C12H17NO2.ClH/c1-3-13-9(2)6-10-4-5-11-12(7-10)15-8-14-11;/h4-5,7,9,13H,3,6,8H2,1-2H3;1H/i1D3,3D2;. The summed E-state index contributed by atoms with van der Waals surface area (Å²) < 4.78 is 47.1. The van der Waals surface area contributed by atoms with Gasteiger partial charge in [-0.25, -0.2) is 0 Å². The molecule has 1 unspecified atom stereocenters. The summed E-state index contributed by atoms with van der Waals surface area (Å²) in [5.41, 5.74) is 0.926. The van der Waals surface area contributed by atoms with Crippen molar-refractivity contribution in [3.05, 3.63) is 23.8 Å². The number of likely N-dealkylation sites (N-methyl/N-ethyl adjacent to an activating group) is 1. The van der Waals surface area contributed by atoms with E-state index in [4.69, 9.17) is 16.3 Å². The molecule has 3 nitrogen and oxygen atoms in total. The zero-order chi connectivity index (χ0) is 15.0. The van der Waals surface area contributed by atoms with Gasteiger partial charge in [-0.1, -0.05) is 12.9 Å². The molecule has 0 radical (unpaired) electrons. The van der Waals surface area contributed by atoms with E-state index < -0.39 is 13.3 Å². The highest BCUT2D eigenvalue weighted by Gasteiger charge is 2.13. The molecule has 0 fully saturated rings. The predicted octanol–water partition coefficient (Wildman–Crippen LogP) is 2.38. The molecular weight excluding hydrogens is 226 g/mol. The lowest BCUT2D eigenvalue weighted by molar-refractivity contribution is 0.174. The molecule has 2 rings (SSSR count). The fraction of sp³-hybridized carbons (Fsp3) is 0.500. The van der Waals surface area contributed by atoms with E-state index in [1.54, 1.807) is 13.0 Å². The Hall–Kier alpha value is -0.930. The van der Waals surface area contributed by atoms with Gasteiger partial charge in [-0.3, -0.25) is 0 Å². The quantitative estimate of drug-likeness (QED) is 0.888. The molecule has 1 N–H and O–H groups in total. The van der Waals surface area contributed by atoms with Gasteiger partial charge in [-0.15, -0.1) is 12.4 Å². The number of nitrogens with one attached hydrogen (secondary N) is 1. The summed E-state index contributed by atoms with van der Waals surface area (Å²) in [7, 11) is 0. The molecule has 0 saturated carbocycles. The van der Waals surface area contributed by atoms with Crippen molar-refractivity contribution in [2.24, 2.45) is 0 Å². The highest BCUT2D eigenvalue weighted by Crippen LogP contribution is 2.32. The van der Waals surface area contributed by atoms with E-state index in [0.29, 0.717) is 17.9 Å². The van der Waals surface area contributed by atoms with Crippen LogP contribution in [0.4, 0.5) is 0 Å². The van der Waals surface area contributed by atoms with Gasteiger partial charge >= 0.3 is 0 Å². The van der Waals surface area contributed by atoms with Crippen LogP contribution in [-0.2, 0) is 6.42 Å². The van der Waals surface area contributed by atoms with Gasteiger partial charge in [0.05, 0.1) is 0 Å². The van der Waals surface area contributed by atoms with Crippen molar-refractivity contribution < 1.29 is 16.3 Å². The Morgan fingerprint density at radius 2 is 2.31 bits per heavy atom. The summed E-state index contributed by atoms with van der Waals surface area (Å²) in [6.45, 7) is -3.17. The van der Waals surface area contributed by atoms with E-state index in [-0.39, 0.29) is 25.2 Å². The smallest absolute Gasteiger partial charge is 0.231 e. The molecule has 0 aromatic heterocycles. The molecule has 0 bridgehead atoms. The first-order chi connectivity index (χ1) is 9.19. The maximum absolute atomic E-state index is 7.54. The van der Waals surface area contributed by atoms with Gasteiger partial charge in [0.15, 0.2) is 11.5 Å².